The molecule has 0 spiro atoms. The minimum atomic E-state index is -0.985. The van der Waals surface area contributed by atoms with Crippen molar-refractivity contribution >= 4 is 35.2 Å². The van der Waals surface area contributed by atoms with Crippen LogP contribution in [0.5, 0.6) is 0 Å². The second-order valence-corrected chi connectivity index (χ2v) is 4.86. The van der Waals surface area contributed by atoms with Crippen molar-refractivity contribution in [2.24, 2.45) is 0 Å². The average Bonchev–Trinajstić information content (AvgIpc) is 2.73. The van der Waals surface area contributed by atoms with Crippen LogP contribution in [0, 0.1) is 0 Å². The quantitative estimate of drug-likeness (QED) is 0.618. The van der Waals surface area contributed by atoms with Gasteiger partial charge in [-0.1, -0.05) is 25.4 Å². The molecule has 1 saturated heterocycles. The zero-order valence-corrected chi connectivity index (χ0v) is 12.8. The molecule has 3 heterocycles. The highest BCUT2D eigenvalue weighted by molar-refractivity contribution is 6.30. The number of nitrogens with zero attached hydrogens (tertiary/aromatic N) is 2. The molecule has 4 amide bonds. The number of piperidine rings is 1. The predicted molar refractivity (Wildman–Crippen MR) is 77.3 cm³/mol. The Hall–Kier alpha value is -2.28. The summed E-state index contributed by atoms with van der Waals surface area (Å²) in [6.07, 6.45) is 0.196. The number of halogens is 1. The largest absolute Gasteiger partial charge is 0.295 e. The lowest BCUT2D eigenvalue weighted by atomic mass is 10.0. The summed E-state index contributed by atoms with van der Waals surface area (Å²) in [5.41, 5.74) is 0.0521. The number of nitrogens with one attached hydrogen (secondary N) is 1. The van der Waals surface area contributed by atoms with Gasteiger partial charge in [0.05, 0.1) is 5.56 Å². The lowest BCUT2D eigenvalue weighted by Gasteiger charge is -2.27. The fourth-order valence-electron chi connectivity index (χ4n) is 2.32. The Balaban J connectivity index is 0.000000847. The number of carbonyl (C=O) groups is 4. The van der Waals surface area contributed by atoms with Crippen LogP contribution in [0.4, 0.5) is 0 Å². The monoisotopic (exact) mass is 323 g/mol. The summed E-state index contributed by atoms with van der Waals surface area (Å²) in [5.74, 6) is -2.32. The summed E-state index contributed by atoms with van der Waals surface area (Å²) in [6.45, 7) is 4.00. The summed E-state index contributed by atoms with van der Waals surface area (Å²) in [4.78, 5) is 52.0. The third kappa shape index (κ3) is 2.59. The predicted octanol–water partition coefficient (Wildman–Crippen LogP) is 1.16. The number of amides is 4. The van der Waals surface area contributed by atoms with Crippen LogP contribution in [-0.4, -0.2) is 39.6 Å². The molecule has 3 rings (SSSR count). The van der Waals surface area contributed by atoms with Gasteiger partial charge < -0.3 is 0 Å². The number of imide groups is 2. The van der Waals surface area contributed by atoms with Crippen molar-refractivity contribution in [2.45, 2.75) is 32.7 Å². The molecule has 1 N–H and O–H groups in total. The molecule has 0 saturated carbocycles. The number of hydrogen-bond donors (Lipinski definition) is 1. The Morgan fingerprint density at radius 2 is 1.86 bits per heavy atom. The van der Waals surface area contributed by atoms with Gasteiger partial charge in [0.25, 0.3) is 11.8 Å². The molecule has 1 fully saturated rings. The van der Waals surface area contributed by atoms with Crippen molar-refractivity contribution in [3.63, 3.8) is 0 Å². The van der Waals surface area contributed by atoms with Gasteiger partial charge in [0, 0.05) is 6.42 Å². The van der Waals surface area contributed by atoms with E-state index in [1.165, 1.54) is 12.1 Å². The number of hydrogen-bond acceptors (Lipinski definition) is 5. The number of aromatic nitrogens is 1. The van der Waals surface area contributed by atoms with Gasteiger partial charge in [-0.05, 0) is 18.6 Å². The molecule has 1 aromatic heterocycles. The first-order valence-electron chi connectivity index (χ1n) is 6.87. The molecule has 0 aromatic carbocycles. The first-order chi connectivity index (χ1) is 10.5. The van der Waals surface area contributed by atoms with Crippen LogP contribution in [-0.2, 0) is 9.59 Å². The maximum absolute atomic E-state index is 12.2. The summed E-state index contributed by atoms with van der Waals surface area (Å²) < 4.78 is 0. The lowest BCUT2D eigenvalue weighted by Crippen LogP contribution is -2.54. The van der Waals surface area contributed by atoms with E-state index in [0.717, 1.165) is 4.90 Å². The van der Waals surface area contributed by atoms with Gasteiger partial charge in [0.1, 0.15) is 16.9 Å². The minimum absolute atomic E-state index is 0.0628. The smallest absolute Gasteiger partial charge is 0.280 e. The van der Waals surface area contributed by atoms with Gasteiger partial charge in [-0.25, -0.2) is 4.98 Å². The standard InChI is InChI=1S/C12H8ClN3O4.C2H6/c13-7-3-1-5-9(14-7)12(20)16(11(5)19)6-2-4-8(17)15-10(6)18;1-2/h1,3,6H,2,4H2,(H,15,17,18);1-2H3. The van der Waals surface area contributed by atoms with Crippen molar-refractivity contribution in [3.8, 4) is 0 Å². The molecule has 0 bridgehead atoms. The first-order valence-corrected chi connectivity index (χ1v) is 7.25. The third-order valence-electron chi connectivity index (χ3n) is 3.25. The average molecular weight is 324 g/mol. The first kappa shape index (κ1) is 16.1. The van der Waals surface area contributed by atoms with Crippen LogP contribution in [0.3, 0.4) is 0 Å². The van der Waals surface area contributed by atoms with Gasteiger partial charge in [-0.3, -0.25) is 29.4 Å². The van der Waals surface area contributed by atoms with Gasteiger partial charge in [-0.2, -0.15) is 0 Å². The maximum Gasteiger partial charge on any atom is 0.280 e. The van der Waals surface area contributed by atoms with Gasteiger partial charge in [0.15, 0.2) is 0 Å². The second kappa shape index (κ2) is 6.23. The van der Waals surface area contributed by atoms with Crippen molar-refractivity contribution < 1.29 is 19.2 Å². The van der Waals surface area contributed by atoms with Crippen LogP contribution < -0.4 is 5.32 Å². The third-order valence-corrected chi connectivity index (χ3v) is 3.46. The normalized spacial score (nSPS) is 20.3. The highest BCUT2D eigenvalue weighted by Gasteiger charge is 2.45. The molecule has 2 aliphatic rings. The molecule has 116 valence electrons. The topological polar surface area (TPSA) is 96.4 Å². The zero-order chi connectivity index (χ0) is 16.4. The van der Waals surface area contributed by atoms with Crippen molar-refractivity contribution in [3.05, 3.63) is 28.5 Å². The molecule has 22 heavy (non-hydrogen) atoms. The Bertz CT molecular complexity index is 674. The Morgan fingerprint density at radius 3 is 2.50 bits per heavy atom. The Kier molecular flexibility index (Phi) is 4.56. The molecular weight excluding hydrogens is 310 g/mol. The van der Waals surface area contributed by atoms with Crippen LogP contribution in [0.25, 0.3) is 0 Å². The maximum atomic E-state index is 12.2. The van der Waals surface area contributed by atoms with Crippen molar-refractivity contribution in [1.82, 2.24) is 15.2 Å². The highest BCUT2D eigenvalue weighted by Crippen LogP contribution is 2.27. The van der Waals surface area contributed by atoms with E-state index >= 15 is 0 Å². The van der Waals surface area contributed by atoms with E-state index in [4.69, 9.17) is 11.6 Å². The Labute approximate surface area is 131 Å². The van der Waals surface area contributed by atoms with E-state index < -0.39 is 29.7 Å². The molecule has 1 unspecified atom stereocenters. The van der Waals surface area contributed by atoms with Crippen LogP contribution >= 0.6 is 11.6 Å². The van der Waals surface area contributed by atoms with E-state index in [9.17, 15) is 19.2 Å². The summed E-state index contributed by atoms with van der Waals surface area (Å²) in [7, 11) is 0. The molecule has 7 nitrogen and oxygen atoms in total. The van der Waals surface area contributed by atoms with Crippen LogP contribution in [0.1, 0.15) is 47.5 Å². The summed E-state index contributed by atoms with van der Waals surface area (Å²) in [5, 5.41) is 2.21. The summed E-state index contributed by atoms with van der Waals surface area (Å²) in [6, 6.07) is 1.82. The van der Waals surface area contributed by atoms with E-state index in [2.05, 4.69) is 10.3 Å². The van der Waals surface area contributed by atoms with Crippen molar-refractivity contribution in [2.75, 3.05) is 0 Å². The fraction of sp³-hybridized carbons (Fsp3) is 0.357. The molecule has 0 radical (unpaired) electrons. The SMILES string of the molecule is CC.O=C1CCC(N2C(=O)c3ccc(Cl)nc3C2=O)C(=O)N1. The number of carbonyl (C=O) groups excluding carboxylic acids is 4. The minimum Gasteiger partial charge on any atom is -0.295 e. The van der Waals surface area contributed by atoms with Gasteiger partial charge in [0.2, 0.25) is 11.8 Å². The van der Waals surface area contributed by atoms with E-state index in [0.29, 0.717) is 0 Å². The van der Waals surface area contributed by atoms with E-state index in [1.54, 1.807) is 0 Å². The fourth-order valence-corrected chi connectivity index (χ4v) is 2.47. The second-order valence-electron chi connectivity index (χ2n) is 4.48. The molecule has 8 heteroatoms. The van der Waals surface area contributed by atoms with E-state index in [-0.39, 0.29) is 29.3 Å². The Morgan fingerprint density at radius 1 is 1.18 bits per heavy atom. The van der Waals surface area contributed by atoms with Crippen LogP contribution in [0.2, 0.25) is 5.15 Å². The zero-order valence-electron chi connectivity index (χ0n) is 12.1. The van der Waals surface area contributed by atoms with E-state index in [1.807, 2.05) is 13.8 Å². The molecule has 0 aliphatic carbocycles. The highest BCUT2D eigenvalue weighted by atomic mass is 35.5. The van der Waals surface area contributed by atoms with Gasteiger partial charge >= 0.3 is 0 Å². The number of rotatable bonds is 1. The molecule has 1 aromatic rings. The summed E-state index contributed by atoms with van der Waals surface area (Å²) >= 11 is 5.70. The molecule has 1 atom stereocenters. The number of fused-ring (bicyclic) bond motifs is 1. The molecular formula is C14H14ClN3O4. The van der Waals surface area contributed by atoms with Crippen molar-refractivity contribution in [1.29, 1.82) is 0 Å². The lowest BCUT2D eigenvalue weighted by molar-refractivity contribution is -0.136. The molecule has 2 aliphatic heterocycles. The number of pyridine rings is 1. The van der Waals surface area contributed by atoms with Gasteiger partial charge in [-0.15, -0.1) is 0 Å². The van der Waals surface area contributed by atoms with Crippen LogP contribution in [0.15, 0.2) is 12.1 Å².